The third-order valence-corrected chi connectivity index (χ3v) is 8.44. The number of thioether (sulfide) groups is 1. The van der Waals surface area contributed by atoms with Gasteiger partial charge in [-0.3, -0.25) is 9.36 Å². The zero-order valence-corrected chi connectivity index (χ0v) is 23.4. The Morgan fingerprint density at radius 2 is 1.90 bits per heavy atom. The van der Waals surface area contributed by atoms with Gasteiger partial charge in [0.25, 0.3) is 0 Å². The number of carbonyl (C=O) groups excluding carboxylic acids is 1. The molecule has 2 aliphatic rings. The molecular formula is C28H27F5N4O4S. The number of amides is 1. The molecule has 1 amide bonds. The minimum atomic E-state index is -4.94. The normalized spacial score (nSPS) is 17.4. The topological polar surface area (TPSA) is 76.9 Å². The number of carbonyl (C=O) groups is 1. The van der Waals surface area contributed by atoms with E-state index >= 15 is 4.39 Å². The van der Waals surface area contributed by atoms with Gasteiger partial charge >= 0.3 is 11.9 Å². The predicted molar refractivity (Wildman–Crippen MR) is 148 cm³/mol. The van der Waals surface area contributed by atoms with Gasteiger partial charge in [-0.15, -0.1) is 11.8 Å². The van der Waals surface area contributed by atoms with Gasteiger partial charge in [0.05, 0.1) is 36.9 Å². The SMILES string of the molecule is C=CC(=O)N1CCN(c2nc(=O)n3c4c(c(-c5ccc(F)cc5F)c(C(F)(F)F)cc24)SC[C@H](OCCOC)C3)CC1. The lowest BCUT2D eigenvalue weighted by Gasteiger charge is -2.35. The summed E-state index contributed by atoms with van der Waals surface area (Å²) in [6, 6.07) is 3.27. The van der Waals surface area contributed by atoms with Crippen molar-refractivity contribution >= 4 is 34.4 Å². The second-order valence-corrected chi connectivity index (χ2v) is 10.8. The van der Waals surface area contributed by atoms with Crippen molar-refractivity contribution in [1.82, 2.24) is 14.5 Å². The molecule has 0 aliphatic carbocycles. The van der Waals surface area contributed by atoms with Crippen LogP contribution in [0.2, 0.25) is 0 Å². The summed E-state index contributed by atoms with van der Waals surface area (Å²) < 4.78 is 85.2. The lowest BCUT2D eigenvalue weighted by atomic mass is 9.95. The summed E-state index contributed by atoms with van der Waals surface area (Å²) >= 11 is 1.01. The number of piperazine rings is 1. The van der Waals surface area contributed by atoms with Gasteiger partial charge < -0.3 is 19.3 Å². The molecule has 42 heavy (non-hydrogen) atoms. The first-order valence-corrected chi connectivity index (χ1v) is 14.1. The average Bonchev–Trinajstić information content (AvgIpc) is 3.15. The molecule has 0 unspecified atom stereocenters. The number of alkyl halides is 3. The molecule has 0 spiro atoms. The minimum absolute atomic E-state index is 0.00928. The number of ether oxygens (including phenoxy) is 2. The summed E-state index contributed by atoms with van der Waals surface area (Å²) in [4.78, 5) is 33.0. The number of anilines is 1. The second-order valence-electron chi connectivity index (χ2n) is 9.79. The lowest BCUT2D eigenvalue weighted by molar-refractivity contribution is -0.137. The first-order chi connectivity index (χ1) is 20.0. The van der Waals surface area contributed by atoms with E-state index < -0.39 is 46.3 Å². The van der Waals surface area contributed by atoms with Gasteiger partial charge in [0, 0.05) is 66.5 Å². The predicted octanol–water partition coefficient (Wildman–Crippen LogP) is 4.33. The van der Waals surface area contributed by atoms with Crippen molar-refractivity contribution < 1.29 is 36.2 Å². The number of rotatable bonds is 7. The highest BCUT2D eigenvalue weighted by Crippen LogP contribution is 2.48. The van der Waals surface area contributed by atoms with E-state index in [2.05, 4.69) is 11.6 Å². The van der Waals surface area contributed by atoms with Gasteiger partial charge in [-0.05, 0) is 24.3 Å². The molecule has 5 rings (SSSR count). The summed E-state index contributed by atoms with van der Waals surface area (Å²) in [5.74, 6) is -2.20. The van der Waals surface area contributed by atoms with Crippen LogP contribution in [0.15, 0.2) is 46.6 Å². The fraction of sp³-hybridized carbons (Fsp3) is 0.393. The number of hydrogen-bond acceptors (Lipinski definition) is 7. The summed E-state index contributed by atoms with van der Waals surface area (Å²) in [5.41, 5.74) is -2.63. The van der Waals surface area contributed by atoms with Crippen molar-refractivity contribution in [2.45, 2.75) is 23.7 Å². The van der Waals surface area contributed by atoms with E-state index in [9.17, 15) is 27.2 Å². The van der Waals surface area contributed by atoms with E-state index in [0.717, 1.165) is 30.0 Å². The third kappa shape index (κ3) is 5.75. The number of hydrogen-bond donors (Lipinski definition) is 0. The van der Waals surface area contributed by atoms with E-state index in [-0.39, 0.29) is 79.2 Å². The second kappa shape index (κ2) is 12.0. The van der Waals surface area contributed by atoms with Crippen LogP contribution in [0.3, 0.4) is 0 Å². The fourth-order valence-corrected chi connectivity index (χ4v) is 6.50. The fourth-order valence-electron chi connectivity index (χ4n) is 5.23. The Kier molecular flexibility index (Phi) is 8.58. The zero-order valence-electron chi connectivity index (χ0n) is 22.5. The molecule has 14 heteroatoms. The highest BCUT2D eigenvalue weighted by atomic mass is 32.2. The Balaban J connectivity index is 1.76. The van der Waals surface area contributed by atoms with Gasteiger partial charge in [-0.25, -0.2) is 13.6 Å². The number of benzene rings is 2. The summed E-state index contributed by atoms with van der Waals surface area (Å²) in [7, 11) is 1.49. The van der Waals surface area contributed by atoms with E-state index in [4.69, 9.17) is 9.47 Å². The van der Waals surface area contributed by atoms with Crippen molar-refractivity contribution in [2.24, 2.45) is 0 Å². The molecule has 0 bridgehead atoms. The van der Waals surface area contributed by atoms with Crippen LogP contribution in [-0.4, -0.2) is 78.7 Å². The summed E-state index contributed by atoms with van der Waals surface area (Å²) in [5, 5.41) is 0.0525. The monoisotopic (exact) mass is 610 g/mol. The molecule has 0 saturated carbocycles. The van der Waals surface area contributed by atoms with Crippen LogP contribution >= 0.6 is 11.8 Å². The first-order valence-electron chi connectivity index (χ1n) is 13.1. The molecule has 2 aromatic carbocycles. The van der Waals surface area contributed by atoms with Crippen molar-refractivity contribution in [3.05, 3.63) is 64.6 Å². The molecular weight excluding hydrogens is 583 g/mol. The maximum absolute atomic E-state index is 15.1. The molecule has 1 aromatic heterocycles. The molecule has 224 valence electrons. The first kappa shape index (κ1) is 30.0. The summed E-state index contributed by atoms with van der Waals surface area (Å²) in [6.07, 6.45) is -4.35. The number of methoxy groups -OCH3 is 1. The van der Waals surface area contributed by atoms with Crippen LogP contribution in [0.5, 0.6) is 0 Å². The quantitative estimate of drug-likeness (QED) is 0.224. The van der Waals surface area contributed by atoms with Gasteiger partial charge in [-0.1, -0.05) is 6.58 Å². The van der Waals surface area contributed by atoms with E-state index in [1.807, 2.05) is 0 Å². The number of aromatic nitrogens is 2. The smallest absolute Gasteiger partial charge is 0.382 e. The van der Waals surface area contributed by atoms with Crippen LogP contribution in [-0.2, 0) is 27.0 Å². The molecule has 0 radical (unpaired) electrons. The highest BCUT2D eigenvalue weighted by molar-refractivity contribution is 7.99. The third-order valence-electron chi connectivity index (χ3n) is 7.21. The molecule has 3 heterocycles. The van der Waals surface area contributed by atoms with Gasteiger partial charge in [0.15, 0.2) is 0 Å². The molecule has 1 saturated heterocycles. The number of halogens is 5. The summed E-state index contributed by atoms with van der Waals surface area (Å²) in [6.45, 7) is 4.85. The Bertz CT molecular complexity index is 1590. The molecule has 0 N–H and O–H groups in total. The van der Waals surface area contributed by atoms with Crippen LogP contribution in [0.1, 0.15) is 5.56 Å². The zero-order chi connectivity index (χ0) is 30.2. The minimum Gasteiger partial charge on any atom is -0.382 e. The lowest BCUT2D eigenvalue weighted by Crippen LogP contribution is -2.49. The molecule has 1 atom stereocenters. The van der Waals surface area contributed by atoms with E-state index in [0.29, 0.717) is 6.07 Å². The Labute approximate surface area is 241 Å². The van der Waals surface area contributed by atoms with Gasteiger partial charge in [-0.2, -0.15) is 18.2 Å². The molecule has 1 fully saturated rings. The average molecular weight is 611 g/mol. The molecule has 8 nitrogen and oxygen atoms in total. The van der Waals surface area contributed by atoms with Crippen LogP contribution in [0.25, 0.3) is 22.0 Å². The Morgan fingerprint density at radius 1 is 1.17 bits per heavy atom. The van der Waals surface area contributed by atoms with Crippen LogP contribution < -0.4 is 10.6 Å². The van der Waals surface area contributed by atoms with Crippen LogP contribution in [0.4, 0.5) is 27.8 Å². The van der Waals surface area contributed by atoms with Crippen molar-refractivity contribution in [2.75, 3.05) is 57.2 Å². The highest BCUT2D eigenvalue weighted by Gasteiger charge is 2.39. The van der Waals surface area contributed by atoms with E-state index in [1.165, 1.54) is 17.8 Å². The number of nitrogens with zero attached hydrogens (tertiary/aromatic N) is 4. The molecule has 2 aliphatic heterocycles. The maximum Gasteiger partial charge on any atom is 0.417 e. The van der Waals surface area contributed by atoms with Crippen molar-refractivity contribution in [1.29, 1.82) is 0 Å². The Hall–Kier alpha value is -3.49. The Morgan fingerprint density at radius 3 is 2.55 bits per heavy atom. The maximum atomic E-state index is 15.1. The largest absolute Gasteiger partial charge is 0.417 e. The van der Waals surface area contributed by atoms with Crippen LogP contribution in [0, 0.1) is 11.6 Å². The van der Waals surface area contributed by atoms with Gasteiger partial charge in [0.1, 0.15) is 17.5 Å². The van der Waals surface area contributed by atoms with E-state index in [1.54, 1.807) is 9.80 Å². The standard InChI is InChI=1S/C28H27F5N4O4S/c1-3-22(38)35-6-8-36(9-7-35)26-19-13-20(28(31,32)33)23(18-5-4-16(29)12-21(18)30)25-24(19)37(27(39)34-26)14-17(15-42-25)41-11-10-40-2/h3-5,12-13,17H,1,6-11,14-15H2,2H3/t17-/m1/s1. The van der Waals surface area contributed by atoms with Crippen molar-refractivity contribution in [3.63, 3.8) is 0 Å². The molecule has 3 aromatic rings. The van der Waals surface area contributed by atoms with Gasteiger partial charge in [0.2, 0.25) is 5.91 Å². The van der Waals surface area contributed by atoms with Crippen molar-refractivity contribution in [3.8, 4) is 11.1 Å².